The molecule has 150 valence electrons. The molecule has 0 aromatic heterocycles. The molecule has 1 N–H and O–H groups in total. The van der Waals surface area contributed by atoms with Crippen molar-refractivity contribution in [3.63, 3.8) is 0 Å². The third kappa shape index (κ3) is 5.19. The molecule has 1 saturated heterocycles. The van der Waals surface area contributed by atoms with Crippen molar-refractivity contribution in [1.29, 1.82) is 0 Å². The van der Waals surface area contributed by atoms with Crippen LogP contribution in [0.3, 0.4) is 0 Å². The molecule has 0 aliphatic carbocycles. The van der Waals surface area contributed by atoms with Crippen LogP contribution in [0.1, 0.15) is 35.2 Å². The summed E-state index contributed by atoms with van der Waals surface area (Å²) in [5.41, 5.74) is 1.68. The number of amides is 1. The number of hydrogen-bond donors (Lipinski definition) is 1. The van der Waals surface area contributed by atoms with E-state index in [0.29, 0.717) is 5.69 Å². The van der Waals surface area contributed by atoms with E-state index < -0.39 is 12.5 Å². The molecule has 0 spiro atoms. The number of hydrogen-bond acceptors (Lipinski definition) is 4. The second kappa shape index (κ2) is 9.50. The lowest BCUT2D eigenvalue weighted by atomic mass is 10.1. The highest BCUT2D eigenvalue weighted by molar-refractivity contribution is 6.06. The summed E-state index contributed by atoms with van der Waals surface area (Å²) in [5, 5.41) is 2.76. The van der Waals surface area contributed by atoms with Gasteiger partial charge in [-0.15, -0.1) is 0 Å². The Balaban J connectivity index is 1.75. The number of likely N-dealkylation sites (tertiary alicyclic amines) is 1. The molecule has 0 saturated carbocycles. The number of carbonyl (C=O) groups excluding carboxylic acids is 1. The van der Waals surface area contributed by atoms with Crippen LogP contribution in [0, 0.1) is 0 Å². The lowest BCUT2D eigenvalue weighted by molar-refractivity contribution is -0.0515. The van der Waals surface area contributed by atoms with E-state index in [-0.39, 0.29) is 17.1 Å². The van der Waals surface area contributed by atoms with E-state index in [0.717, 1.165) is 25.2 Å². The molecule has 0 atom stereocenters. The molecule has 28 heavy (non-hydrogen) atoms. The number of methoxy groups -OCH3 is 1. The average molecular weight is 390 g/mol. The van der Waals surface area contributed by atoms with Crippen molar-refractivity contribution in [2.24, 2.45) is 0 Å². The van der Waals surface area contributed by atoms with Crippen molar-refractivity contribution in [2.75, 3.05) is 25.5 Å². The molecule has 1 heterocycles. The second-order valence-corrected chi connectivity index (χ2v) is 6.71. The van der Waals surface area contributed by atoms with Gasteiger partial charge in [0.05, 0.1) is 12.7 Å². The smallest absolute Gasteiger partial charge is 0.387 e. The Hall–Kier alpha value is -2.67. The second-order valence-electron chi connectivity index (χ2n) is 6.71. The van der Waals surface area contributed by atoms with Crippen LogP contribution in [0.5, 0.6) is 11.5 Å². The van der Waals surface area contributed by atoms with Gasteiger partial charge in [-0.25, -0.2) is 0 Å². The summed E-state index contributed by atoms with van der Waals surface area (Å²) >= 11 is 0. The number of nitrogens with one attached hydrogen (secondary N) is 1. The van der Waals surface area contributed by atoms with Gasteiger partial charge in [-0.2, -0.15) is 8.78 Å². The fourth-order valence-corrected chi connectivity index (χ4v) is 3.39. The van der Waals surface area contributed by atoms with Crippen molar-refractivity contribution < 1.29 is 23.0 Å². The molecule has 7 heteroatoms. The fourth-order valence-electron chi connectivity index (χ4n) is 3.39. The molecule has 1 aliphatic heterocycles. The fraction of sp³-hybridized carbons (Fsp3) is 0.381. The van der Waals surface area contributed by atoms with E-state index in [9.17, 15) is 13.6 Å². The SMILES string of the molecule is COc1cccc(C(=O)Nc2cccc(CN3CCCCC3)c2)c1OC(F)F. The van der Waals surface area contributed by atoms with Gasteiger partial charge in [0.25, 0.3) is 5.91 Å². The number of carbonyl (C=O) groups is 1. The quantitative estimate of drug-likeness (QED) is 0.754. The van der Waals surface area contributed by atoms with Crippen molar-refractivity contribution in [3.8, 4) is 11.5 Å². The van der Waals surface area contributed by atoms with Crippen molar-refractivity contribution in [1.82, 2.24) is 4.90 Å². The van der Waals surface area contributed by atoms with Crippen LogP contribution in [-0.4, -0.2) is 37.6 Å². The zero-order chi connectivity index (χ0) is 19.9. The number of para-hydroxylation sites is 1. The first-order valence-corrected chi connectivity index (χ1v) is 9.31. The van der Waals surface area contributed by atoms with Gasteiger partial charge in [0.2, 0.25) is 0 Å². The summed E-state index contributed by atoms with van der Waals surface area (Å²) in [6.07, 6.45) is 3.69. The third-order valence-electron chi connectivity index (χ3n) is 4.69. The summed E-state index contributed by atoms with van der Waals surface area (Å²) in [7, 11) is 1.33. The Morgan fingerprint density at radius 3 is 2.61 bits per heavy atom. The Labute approximate surface area is 163 Å². The summed E-state index contributed by atoms with van der Waals surface area (Å²) in [6.45, 7) is -0.0813. The molecule has 1 amide bonds. The van der Waals surface area contributed by atoms with E-state index in [1.54, 1.807) is 12.1 Å². The molecule has 5 nitrogen and oxygen atoms in total. The molecule has 2 aromatic carbocycles. The minimum absolute atomic E-state index is 0.0129. The van der Waals surface area contributed by atoms with Gasteiger partial charge < -0.3 is 14.8 Å². The molecule has 0 radical (unpaired) electrons. The molecule has 2 aromatic rings. The van der Waals surface area contributed by atoms with Crippen molar-refractivity contribution >= 4 is 11.6 Å². The van der Waals surface area contributed by atoms with Crippen LogP contribution in [0.25, 0.3) is 0 Å². The number of ether oxygens (including phenoxy) is 2. The number of anilines is 1. The predicted molar refractivity (Wildman–Crippen MR) is 103 cm³/mol. The van der Waals surface area contributed by atoms with Crippen LogP contribution in [0.2, 0.25) is 0 Å². The van der Waals surface area contributed by atoms with Gasteiger partial charge >= 0.3 is 6.61 Å². The highest BCUT2D eigenvalue weighted by Gasteiger charge is 2.20. The van der Waals surface area contributed by atoms with Crippen LogP contribution >= 0.6 is 0 Å². The average Bonchev–Trinajstić information content (AvgIpc) is 2.68. The maximum atomic E-state index is 12.8. The topological polar surface area (TPSA) is 50.8 Å². The molecule has 3 rings (SSSR count). The van der Waals surface area contributed by atoms with Crippen molar-refractivity contribution in [2.45, 2.75) is 32.4 Å². The minimum Gasteiger partial charge on any atom is -0.493 e. The number of alkyl halides is 2. The van der Waals surface area contributed by atoms with Crippen LogP contribution in [0.4, 0.5) is 14.5 Å². The van der Waals surface area contributed by atoms with Crippen LogP contribution in [0.15, 0.2) is 42.5 Å². The highest BCUT2D eigenvalue weighted by Crippen LogP contribution is 2.33. The summed E-state index contributed by atoms with van der Waals surface area (Å²) in [6, 6.07) is 12.0. The lowest BCUT2D eigenvalue weighted by Crippen LogP contribution is -2.29. The first-order chi connectivity index (χ1) is 13.6. The van der Waals surface area contributed by atoms with E-state index in [1.165, 1.54) is 38.5 Å². The van der Waals surface area contributed by atoms with Crippen molar-refractivity contribution in [3.05, 3.63) is 53.6 Å². The van der Waals surface area contributed by atoms with Gasteiger partial charge in [-0.1, -0.05) is 24.6 Å². The van der Waals surface area contributed by atoms with E-state index >= 15 is 0 Å². The Kier molecular flexibility index (Phi) is 6.81. The number of rotatable bonds is 7. The first kappa shape index (κ1) is 20.1. The molecule has 1 fully saturated rings. The standard InChI is InChI=1S/C21H24F2N2O3/c1-27-18-10-6-9-17(19(18)28-21(22)23)20(26)24-16-8-5-7-15(13-16)14-25-11-3-2-4-12-25/h5-10,13,21H,2-4,11-12,14H2,1H3,(H,24,26). The summed E-state index contributed by atoms with van der Waals surface area (Å²) < 4.78 is 35.1. The lowest BCUT2D eigenvalue weighted by Gasteiger charge is -2.26. The van der Waals surface area contributed by atoms with Crippen LogP contribution in [-0.2, 0) is 6.54 Å². The number of piperidine rings is 1. The zero-order valence-corrected chi connectivity index (χ0v) is 15.8. The number of nitrogens with zero attached hydrogens (tertiary/aromatic N) is 1. The first-order valence-electron chi connectivity index (χ1n) is 9.31. The van der Waals surface area contributed by atoms with E-state index in [4.69, 9.17) is 4.74 Å². The van der Waals surface area contributed by atoms with Gasteiger partial charge in [0, 0.05) is 12.2 Å². The van der Waals surface area contributed by atoms with Gasteiger partial charge in [0.1, 0.15) is 0 Å². The van der Waals surface area contributed by atoms with Crippen LogP contribution < -0.4 is 14.8 Å². The molecular weight excluding hydrogens is 366 g/mol. The molecule has 0 bridgehead atoms. The summed E-state index contributed by atoms with van der Waals surface area (Å²) in [4.78, 5) is 15.1. The predicted octanol–water partition coefficient (Wildman–Crippen LogP) is 4.53. The molecular formula is C21H24F2N2O3. The maximum absolute atomic E-state index is 12.8. The molecule has 1 aliphatic rings. The number of halogens is 2. The van der Waals surface area contributed by atoms with Gasteiger partial charge in [-0.3, -0.25) is 9.69 Å². The van der Waals surface area contributed by atoms with E-state index in [2.05, 4.69) is 15.0 Å². The maximum Gasteiger partial charge on any atom is 0.387 e. The third-order valence-corrected chi connectivity index (χ3v) is 4.69. The Morgan fingerprint density at radius 2 is 1.89 bits per heavy atom. The normalized spacial score (nSPS) is 14.7. The largest absolute Gasteiger partial charge is 0.493 e. The monoisotopic (exact) mass is 390 g/mol. The molecule has 0 unspecified atom stereocenters. The van der Waals surface area contributed by atoms with Gasteiger partial charge in [0.15, 0.2) is 11.5 Å². The number of benzene rings is 2. The highest BCUT2D eigenvalue weighted by atomic mass is 19.3. The Bertz CT molecular complexity index is 808. The zero-order valence-electron chi connectivity index (χ0n) is 15.8. The minimum atomic E-state index is -3.06. The van der Waals surface area contributed by atoms with Gasteiger partial charge in [-0.05, 0) is 55.8 Å². The summed E-state index contributed by atoms with van der Waals surface area (Å²) in [5.74, 6) is -0.738. The van der Waals surface area contributed by atoms with E-state index in [1.807, 2.05) is 18.2 Å². The Morgan fingerprint density at radius 1 is 1.14 bits per heavy atom.